The van der Waals surface area contributed by atoms with Gasteiger partial charge < -0.3 is 9.84 Å². The molecular formula is C10H19NO2. The molecule has 1 aliphatic carbocycles. The maximum atomic E-state index is 9.90. The lowest BCUT2D eigenvalue weighted by Gasteiger charge is -2.37. The molecular weight excluding hydrogens is 166 g/mol. The highest BCUT2D eigenvalue weighted by Gasteiger charge is 2.50. The maximum Gasteiger partial charge on any atom is 0.0989 e. The summed E-state index contributed by atoms with van der Waals surface area (Å²) in [5.41, 5.74) is -0.479. The van der Waals surface area contributed by atoms with Crippen LogP contribution in [0.15, 0.2) is 0 Å². The van der Waals surface area contributed by atoms with Crippen LogP contribution in [-0.2, 0) is 4.74 Å². The Kier molecular flexibility index (Phi) is 2.34. The van der Waals surface area contributed by atoms with Crippen molar-refractivity contribution < 1.29 is 9.84 Å². The molecule has 0 spiro atoms. The van der Waals surface area contributed by atoms with Gasteiger partial charge in [-0.2, -0.15) is 0 Å². The van der Waals surface area contributed by atoms with E-state index in [4.69, 9.17) is 4.74 Å². The largest absolute Gasteiger partial charge is 0.387 e. The van der Waals surface area contributed by atoms with Crippen molar-refractivity contribution in [2.45, 2.75) is 44.4 Å². The van der Waals surface area contributed by atoms with Crippen molar-refractivity contribution in [2.24, 2.45) is 0 Å². The fourth-order valence-corrected chi connectivity index (χ4v) is 1.91. The fourth-order valence-electron chi connectivity index (χ4n) is 1.91. The Labute approximate surface area is 79.7 Å². The maximum absolute atomic E-state index is 9.90. The molecule has 1 heterocycles. The lowest BCUT2D eigenvalue weighted by Crippen LogP contribution is -2.50. The first-order chi connectivity index (χ1) is 6.12. The van der Waals surface area contributed by atoms with Crippen LogP contribution in [0.3, 0.4) is 0 Å². The Morgan fingerprint density at radius 3 is 2.69 bits per heavy atom. The second-order valence-corrected chi connectivity index (χ2v) is 4.55. The van der Waals surface area contributed by atoms with Gasteiger partial charge in [0, 0.05) is 19.1 Å². The number of morpholine rings is 1. The van der Waals surface area contributed by atoms with Crippen LogP contribution in [0.2, 0.25) is 0 Å². The molecule has 1 atom stereocenters. The van der Waals surface area contributed by atoms with Gasteiger partial charge in [-0.15, -0.1) is 0 Å². The van der Waals surface area contributed by atoms with E-state index in [0.29, 0.717) is 6.04 Å². The molecule has 0 radical (unpaired) electrons. The third kappa shape index (κ3) is 1.87. The van der Waals surface area contributed by atoms with Crippen molar-refractivity contribution in [2.75, 3.05) is 19.7 Å². The van der Waals surface area contributed by atoms with Gasteiger partial charge in [-0.25, -0.2) is 0 Å². The summed E-state index contributed by atoms with van der Waals surface area (Å²) in [4.78, 5) is 2.38. The van der Waals surface area contributed by atoms with Crippen LogP contribution in [0.5, 0.6) is 0 Å². The van der Waals surface area contributed by atoms with E-state index in [1.54, 1.807) is 0 Å². The summed E-state index contributed by atoms with van der Waals surface area (Å²) in [7, 11) is 0. The summed E-state index contributed by atoms with van der Waals surface area (Å²) < 4.78 is 5.59. The van der Waals surface area contributed by atoms with Crippen molar-refractivity contribution in [3.63, 3.8) is 0 Å². The second-order valence-electron chi connectivity index (χ2n) is 4.55. The molecule has 0 aromatic rings. The first kappa shape index (κ1) is 9.44. The minimum atomic E-state index is -0.479. The van der Waals surface area contributed by atoms with E-state index < -0.39 is 5.60 Å². The molecule has 1 aliphatic heterocycles. The summed E-state index contributed by atoms with van der Waals surface area (Å²) >= 11 is 0. The SMILES string of the molecule is CC(C)N1CCO[C@H](C2(O)CC2)C1. The van der Waals surface area contributed by atoms with Gasteiger partial charge in [0.1, 0.15) is 0 Å². The lowest BCUT2D eigenvalue weighted by molar-refractivity contribution is -0.106. The first-order valence-corrected chi connectivity index (χ1v) is 5.20. The molecule has 1 saturated carbocycles. The highest BCUT2D eigenvalue weighted by molar-refractivity contribution is 5.02. The van der Waals surface area contributed by atoms with E-state index in [9.17, 15) is 5.11 Å². The lowest BCUT2D eigenvalue weighted by atomic mass is 10.1. The van der Waals surface area contributed by atoms with Gasteiger partial charge >= 0.3 is 0 Å². The smallest absolute Gasteiger partial charge is 0.0989 e. The number of ether oxygens (including phenoxy) is 1. The summed E-state index contributed by atoms with van der Waals surface area (Å²) in [5, 5.41) is 9.90. The van der Waals surface area contributed by atoms with Gasteiger partial charge in [-0.1, -0.05) is 0 Å². The molecule has 2 aliphatic rings. The molecule has 3 heteroatoms. The van der Waals surface area contributed by atoms with E-state index in [2.05, 4.69) is 18.7 Å². The molecule has 2 fully saturated rings. The van der Waals surface area contributed by atoms with Crippen LogP contribution in [-0.4, -0.2) is 47.4 Å². The van der Waals surface area contributed by atoms with Gasteiger partial charge in [-0.3, -0.25) is 4.90 Å². The van der Waals surface area contributed by atoms with Crippen molar-refractivity contribution >= 4 is 0 Å². The van der Waals surface area contributed by atoms with E-state index in [1.165, 1.54) is 0 Å². The van der Waals surface area contributed by atoms with Crippen molar-refractivity contribution in [3.8, 4) is 0 Å². The minimum absolute atomic E-state index is 0.0589. The van der Waals surface area contributed by atoms with Gasteiger partial charge in [-0.05, 0) is 26.7 Å². The van der Waals surface area contributed by atoms with Crippen LogP contribution in [0.1, 0.15) is 26.7 Å². The third-order valence-corrected chi connectivity index (χ3v) is 3.19. The monoisotopic (exact) mass is 185 g/mol. The first-order valence-electron chi connectivity index (χ1n) is 5.20. The average molecular weight is 185 g/mol. The molecule has 1 saturated heterocycles. The van der Waals surface area contributed by atoms with Crippen LogP contribution in [0.4, 0.5) is 0 Å². The van der Waals surface area contributed by atoms with Gasteiger partial charge in [0.05, 0.1) is 18.3 Å². The Morgan fingerprint density at radius 2 is 2.15 bits per heavy atom. The molecule has 0 aromatic carbocycles. The van der Waals surface area contributed by atoms with Crippen molar-refractivity contribution in [1.29, 1.82) is 0 Å². The zero-order valence-corrected chi connectivity index (χ0v) is 8.49. The predicted molar refractivity (Wildman–Crippen MR) is 50.6 cm³/mol. The quantitative estimate of drug-likeness (QED) is 0.684. The summed E-state index contributed by atoms with van der Waals surface area (Å²) in [6.45, 7) is 7.06. The zero-order chi connectivity index (χ0) is 9.47. The number of hydrogen-bond acceptors (Lipinski definition) is 3. The van der Waals surface area contributed by atoms with E-state index in [1.807, 2.05) is 0 Å². The van der Waals surface area contributed by atoms with Gasteiger partial charge in [0.15, 0.2) is 0 Å². The van der Waals surface area contributed by atoms with E-state index >= 15 is 0 Å². The Balaban J connectivity index is 1.92. The summed E-state index contributed by atoms with van der Waals surface area (Å²) in [5.74, 6) is 0. The standard InChI is InChI=1S/C10H19NO2/c1-8(2)11-5-6-13-9(7-11)10(12)3-4-10/h8-9,12H,3-7H2,1-2H3/t9-/m0/s1. The topological polar surface area (TPSA) is 32.7 Å². The Hall–Kier alpha value is -0.120. The molecule has 3 nitrogen and oxygen atoms in total. The number of hydrogen-bond donors (Lipinski definition) is 1. The van der Waals surface area contributed by atoms with Crippen LogP contribution in [0, 0.1) is 0 Å². The van der Waals surface area contributed by atoms with Crippen LogP contribution < -0.4 is 0 Å². The normalized spacial score (nSPS) is 33.7. The molecule has 13 heavy (non-hydrogen) atoms. The van der Waals surface area contributed by atoms with Crippen molar-refractivity contribution in [3.05, 3.63) is 0 Å². The highest BCUT2D eigenvalue weighted by atomic mass is 16.5. The molecule has 0 unspecified atom stereocenters. The average Bonchev–Trinajstić information content (AvgIpc) is 2.85. The van der Waals surface area contributed by atoms with Crippen LogP contribution >= 0.6 is 0 Å². The van der Waals surface area contributed by atoms with Crippen molar-refractivity contribution in [1.82, 2.24) is 4.90 Å². The molecule has 0 bridgehead atoms. The molecule has 0 amide bonds. The summed E-state index contributed by atoms with van der Waals surface area (Å²) in [6, 6.07) is 0.564. The van der Waals surface area contributed by atoms with E-state index in [0.717, 1.165) is 32.5 Å². The Morgan fingerprint density at radius 1 is 1.46 bits per heavy atom. The number of aliphatic hydroxyl groups is 1. The number of rotatable bonds is 2. The molecule has 1 N–H and O–H groups in total. The molecule has 76 valence electrons. The Bertz CT molecular complexity index is 189. The van der Waals surface area contributed by atoms with Crippen LogP contribution in [0.25, 0.3) is 0 Å². The molecule has 0 aromatic heterocycles. The second kappa shape index (κ2) is 3.23. The third-order valence-electron chi connectivity index (χ3n) is 3.19. The molecule has 2 rings (SSSR count). The van der Waals surface area contributed by atoms with E-state index in [-0.39, 0.29) is 6.10 Å². The fraction of sp³-hybridized carbons (Fsp3) is 1.00. The predicted octanol–water partition coefficient (Wildman–Crippen LogP) is 0.620. The zero-order valence-electron chi connectivity index (χ0n) is 8.49. The van der Waals surface area contributed by atoms with Gasteiger partial charge in [0.25, 0.3) is 0 Å². The summed E-state index contributed by atoms with van der Waals surface area (Å²) in [6.07, 6.45) is 1.90. The number of nitrogens with zero attached hydrogens (tertiary/aromatic N) is 1. The minimum Gasteiger partial charge on any atom is -0.387 e. The van der Waals surface area contributed by atoms with Gasteiger partial charge in [0.2, 0.25) is 0 Å². The highest BCUT2D eigenvalue weighted by Crippen LogP contribution is 2.41.